The zero-order chi connectivity index (χ0) is 13.9. The third-order valence-electron chi connectivity index (χ3n) is 3.30. The Hall–Kier alpha value is -1.43. The summed E-state index contributed by atoms with van der Waals surface area (Å²) < 4.78 is 0. The van der Waals surface area contributed by atoms with Gasteiger partial charge >= 0.3 is 0 Å². The topological polar surface area (TPSA) is 45.2 Å². The number of thiophene rings is 1. The fourth-order valence-electron chi connectivity index (χ4n) is 2.38. The first-order chi connectivity index (χ1) is 9.74. The number of amides is 1. The van der Waals surface area contributed by atoms with E-state index in [4.69, 9.17) is 11.6 Å². The number of hydrogen-bond donors (Lipinski definition) is 1. The monoisotopic (exact) mass is 307 g/mol. The van der Waals surface area contributed by atoms with E-state index in [1.54, 1.807) is 23.6 Å². The van der Waals surface area contributed by atoms with E-state index in [2.05, 4.69) is 15.2 Å². The summed E-state index contributed by atoms with van der Waals surface area (Å²) in [6.07, 6.45) is 1.76. The van der Waals surface area contributed by atoms with Crippen molar-refractivity contribution >= 4 is 28.8 Å². The predicted octanol–water partition coefficient (Wildman–Crippen LogP) is 2.47. The van der Waals surface area contributed by atoms with Crippen LogP contribution in [0.2, 0.25) is 5.15 Å². The van der Waals surface area contributed by atoms with Crippen LogP contribution in [0.5, 0.6) is 0 Å². The summed E-state index contributed by atoms with van der Waals surface area (Å²) in [5.74, 6) is 0.0700. The minimum atomic E-state index is -0.209. The predicted molar refractivity (Wildman–Crippen MR) is 79.7 cm³/mol. The Morgan fingerprint density at radius 2 is 2.35 bits per heavy atom. The van der Waals surface area contributed by atoms with Crippen LogP contribution in [0, 0.1) is 0 Å². The molecule has 3 rings (SSSR count). The Balaban J connectivity index is 1.82. The van der Waals surface area contributed by atoms with Gasteiger partial charge in [-0.1, -0.05) is 23.7 Å². The van der Waals surface area contributed by atoms with Crippen LogP contribution in [0.25, 0.3) is 0 Å². The standard InChI is InChI=1S/C14H14ClN3OS/c15-12-4-3-10(8-17-12)9-18-6-5-16-14(19)13(18)11-2-1-7-20-11/h1-4,7-8,13H,5-6,9H2,(H,16,19)/t13-/m0/s1. The van der Waals surface area contributed by atoms with Crippen molar-refractivity contribution in [1.29, 1.82) is 0 Å². The first kappa shape index (κ1) is 13.5. The van der Waals surface area contributed by atoms with Gasteiger partial charge < -0.3 is 5.32 Å². The largest absolute Gasteiger partial charge is 0.353 e. The number of pyridine rings is 1. The van der Waals surface area contributed by atoms with Crippen molar-refractivity contribution in [2.45, 2.75) is 12.6 Å². The second-order valence-corrected chi connectivity index (χ2v) is 6.04. The van der Waals surface area contributed by atoms with E-state index >= 15 is 0 Å². The van der Waals surface area contributed by atoms with Gasteiger partial charge in [-0.2, -0.15) is 0 Å². The molecule has 4 nitrogen and oxygen atoms in total. The number of aromatic nitrogens is 1. The summed E-state index contributed by atoms with van der Waals surface area (Å²) >= 11 is 7.41. The van der Waals surface area contributed by atoms with Crippen molar-refractivity contribution in [2.75, 3.05) is 13.1 Å². The SMILES string of the molecule is O=C1NCCN(Cc2ccc(Cl)nc2)[C@H]1c1cccs1. The third-order valence-corrected chi connectivity index (χ3v) is 4.45. The maximum Gasteiger partial charge on any atom is 0.242 e. The Morgan fingerprint density at radius 1 is 1.45 bits per heavy atom. The van der Waals surface area contributed by atoms with Gasteiger partial charge in [0.1, 0.15) is 11.2 Å². The second kappa shape index (κ2) is 5.91. The summed E-state index contributed by atoms with van der Waals surface area (Å²) in [7, 11) is 0. The molecule has 1 aliphatic rings. The highest BCUT2D eigenvalue weighted by Gasteiger charge is 2.31. The van der Waals surface area contributed by atoms with Gasteiger partial charge in [0.15, 0.2) is 0 Å². The van der Waals surface area contributed by atoms with E-state index in [9.17, 15) is 4.79 Å². The highest BCUT2D eigenvalue weighted by molar-refractivity contribution is 7.10. The Labute approximate surface area is 126 Å². The van der Waals surface area contributed by atoms with Crippen LogP contribution in [-0.4, -0.2) is 28.9 Å². The molecule has 6 heteroatoms. The molecule has 0 aliphatic carbocycles. The number of halogens is 1. The molecule has 0 radical (unpaired) electrons. The Morgan fingerprint density at radius 3 is 3.05 bits per heavy atom. The van der Waals surface area contributed by atoms with Gasteiger partial charge in [-0.15, -0.1) is 11.3 Å². The molecule has 0 unspecified atom stereocenters. The summed E-state index contributed by atoms with van der Waals surface area (Å²) in [5, 5.41) is 5.42. The lowest BCUT2D eigenvalue weighted by molar-refractivity contribution is -0.129. The van der Waals surface area contributed by atoms with Crippen molar-refractivity contribution in [3.8, 4) is 0 Å². The Bertz CT molecular complexity index is 585. The van der Waals surface area contributed by atoms with Crippen LogP contribution in [0.1, 0.15) is 16.5 Å². The van der Waals surface area contributed by atoms with Crippen LogP contribution < -0.4 is 5.32 Å². The maximum absolute atomic E-state index is 12.2. The molecule has 104 valence electrons. The van der Waals surface area contributed by atoms with E-state index in [0.29, 0.717) is 18.2 Å². The molecule has 1 fully saturated rings. The number of piperazine rings is 1. The smallest absolute Gasteiger partial charge is 0.242 e. The fraction of sp³-hybridized carbons (Fsp3) is 0.286. The summed E-state index contributed by atoms with van der Waals surface area (Å²) in [6.45, 7) is 2.21. The summed E-state index contributed by atoms with van der Waals surface area (Å²) in [5.41, 5.74) is 1.06. The van der Waals surface area contributed by atoms with Gasteiger partial charge in [0.2, 0.25) is 5.91 Å². The number of carbonyl (C=O) groups excluding carboxylic acids is 1. The average Bonchev–Trinajstić information content (AvgIpc) is 2.95. The maximum atomic E-state index is 12.2. The van der Waals surface area contributed by atoms with Crippen LogP contribution in [0.3, 0.4) is 0 Å². The van der Waals surface area contributed by atoms with Crippen molar-refractivity contribution in [3.63, 3.8) is 0 Å². The molecular formula is C14H14ClN3OS. The van der Waals surface area contributed by atoms with Crippen molar-refractivity contribution in [2.24, 2.45) is 0 Å². The number of rotatable bonds is 3. The lowest BCUT2D eigenvalue weighted by Crippen LogP contribution is -2.49. The van der Waals surface area contributed by atoms with Gasteiger partial charge in [-0.25, -0.2) is 4.98 Å². The molecule has 0 spiro atoms. The minimum Gasteiger partial charge on any atom is -0.353 e. The van der Waals surface area contributed by atoms with Crippen molar-refractivity contribution < 1.29 is 4.79 Å². The first-order valence-corrected chi connectivity index (χ1v) is 7.65. The Kier molecular flexibility index (Phi) is 4.00. The van der Waals surface area contributed by atoms with Crippen LogP contribution in [0.4, 0.5) is 0 Å². The number of nitrogens with one attached hydrogen (secondary N) is 1. The van der Waals surface area contributed by atoms with Crippen LogP contribution in [0.15, 0.2) is 35.8 Å². The highest BCUT2D eigenvalue weighted by Crippen LogP contribution is 2.28. The normalized spacial score (nSPS) is 19.9. The van der Waals surface area contributed by atoms with E-state index < -0.39 is 0 Å². The molecule has 1 saturated heterocycles. The summed E-state index contributed by atoms with van der Waals surface area (Å²) in [4.78, 5) is 19.5. The van der Waals surface area contributed by atoms with E-state index in [-0.39, 0.29) is 11.9 Å². The average molecular weight is 308 g/mol. The van der Waals surface area contributed by atoms with E-state index in [1.165, 1.54) is 0 Å². The fourth-order valence-corrected chi connectivity index (χ4v) is 3.34. The highest BCUT2D eigenvalue weighted by atomic mass is 35.5. The van der Waals surface area contributed by atoms with Crippen LogP contribution in [-0.2, 0) is 11.3 Å². The molecule has 1 N–H and O–H groups in total. The number of hydrogen-bond acceptors (Lipinski definition) is 4. The molecule has 2 aromatic heterocycles. The van der Waals surface area contributed by atoms with Gasteiger partial charge in [-0.3, -0.25) is 9.69 Å². The quantitative estimate of drug-likeness (QED) is 0.886. The molecule has 1 atom stereocenters. The first-order valence-electron chi connectivity index (χ1n) is 6.39. The molecule has 0 saturated carbocycles. The van der Waals surface area contributed by atoms with Gasteiger partial charge in [-0.05, 0) is 23.1 Å². The third kappa shape index (κ3) is 2.85. The summed E-state index contributed by atoms with van der Waals surface area (Å²) in [6, 6.07) is 7.51. The molecule has 0 bridgehead atoms. The van der Waals surface area contributed by atoms with E-state index in [1.807, 2.05) is 23.6 Å². The van der Waals surface area contributed by atoms with Gasteiger partial charge in [0, 0.05) is 30.7 Å². The molecule has 3 heterocycles. The van der Waals surface area contributed by atoms with E-state index in [0.717, 1.165) is 17.0 Å². The van der Waals surface area contributed by atoms with Crippen molar-refractivity contribution in [3.05, 3.63) is 51.4 Å². The lowest BCUT2D eigenvalue weighted by Gasteiger charge is -2.34. The molecule has 2 aromatic rings. The second-order valence-electron chi connectivity index (χ2n) is 4.67. The molecule has 0 aromatic carbocycles. The molecular weight excluding hydrogens is 294 g/mol. The van der Waals surface area contributed by atoms with Gasteiger partial charge in [0.25, 0.3) is 0 Å². The zero-order valence-corrected chi connectivity index (χ0v) is 12.3. The lowest BCUT2D eigenvalue weighted by atomic mass is 10.1. The molecule has 1 aliphatic heterocycles. The minimum absolute atomic E-state index is 0.0700. The molecule has 20 heavy (non-hydrogen) atoms. The zero-order valence-electron chi connectivity index (χ0n) is 10.8. The molecule has 1 amide bonds. The van der Waals surface area contributed by atoms with Crippen LogP contribution >= 0.6 is 22.9 Å². The van der Waals surface area contributed by atoms with Gasteiger partial charge in [0.05, 0.1) is 0 Å². The number of nitrogens with zero attached hydrogens (tertiary/aromatic N) is 2. The van der Waals surface area contributed by atoms with Crippen molar-refractivity contribution in [1.82, 2.24) is 15.2 Å². The number of carbonyl (C=O) groups is 1.